The van der Waals surface area contributed by atoms with Crippen molar-refractivity contribution in [1.82, 2.24) is 4.90 Å². The highest BCUT2D eigenvalue weighted by atomic mass is 79.9. The molecule has 2 rings (SSSR count). The van der Waals surface area contributed by atoms with Crippen molar-refractivity contribution in [3.63, 3.8) is 0 Å². The van der Waals surface area contributed by atoms with Crippen LogP contribution in [0.2, 0.25) is 5.02 Å². The Labute approximate surface area is 143 Å². The third-order valence-electron chi connectivity index (χ3n) is 3.71. The fraction of sp³-hybridized carbons (Fsp3) is 0.500. The van der Waals surface area contributed by atoms with Gasteiger partial charge in [-0.3, -0.25) is 14.5 Å². The number of aliphatic hydroxyl groups excluding tert-OH is 1. The minimum atomic E-state index is -1.12. The molecule has 2 atom stereocenters. The maximum atomic E-state index is 12.5. The van der Waals surface area contributed by atoms with Crippen molar-refractivity contribution in [3.05, 3.63) is 33.3 Å². The summed E-state index contributed by atoms with van der Waals surface area (Å²) in [6.07, 6.45) is -0.436. The number of likely N-dealkylation sites (tertiary alicyclic amines) is 1. The number of aliphatic hydroxyl groups is 1. The molecule has 1 fully saturated rings. The summed E-state index contributed by atoms with van der Waals surface area (Å²) in [6.45, 7) is 5.28. The predicted molar refractivity (Wildman–Crippen MR) is 88.6 cm³/mol. The molecular weight excluding hydrogens is 370 g/mol. The van der Waals surface area contributed by atoms with Crippen LogP contribution < -0.4 is 0 Å². The molecule has 6 heteroatoms. The number of rotatable bonds is 2. The smallest absolute Gasteiger partial charge is 0.258 e. The van der Waals surface area contributed by atoms with Crippen molar-refractivity contribution in [2.75, 3.05) is 0 Å². The summed E-state index contributed by atoms with van der Waals surface area (Å²) in [5.41, 5.74) is 0.171. The van der Waals surface area contributed by atoms with Gasteiger partial charge in [-0.05, 0) is 24.1 Å². The van der Waals surface area contributed by atoms with E-state index in [4.69, 9.17) is 11.6 Å². The second-order valence-electron chi connectivity index (χ2n) is 6.61. The molecule has 120 valence electrons. The van der Waals surface area contributed by atoms with Crippen molar-refractivity contribution in [1.29, 1.82) is 0 Å². The van der Waals surface area contributed by atoms with Crippen LogP contribution in [0.3, 0.4) is 0 Å². The molecule has 0 spiro atoms. The molecule has 22 heavy (non-hydrogen) atoms. The zero-order chi connectivity index (χ0) is 16.7. The summed E-state index contributed by atoms with van der Waals surface area (Å²) in [6, 6.07) is 5.14. The second-order valence-corrected chi connectivity index (χ2v) is 7.93. The SMILES string of the molecule is CC(C)(C)C(=O)N1C(=O)[C@H](O)C[C@H]1Cc1ccc(Br)cc1Cl. The number of hydrogen-bond acceptors (Lipinski definition) is 3. The van der Waals surface area contributed by atoms with E-state index in [1.165, 1.54) is 4.90 Å². The monoisotopic (exact) mass is 387 g/mol. The molecule has 1 N–H and O–H groups in total. The number of nitrogens with zero attached hydrogens (tertiary/aromatic N) is 1. The summed E-state index contributed by atoms with van der Waals surface area (Å²) >= 11 is 9.56. The summed E-state index contributed by atoms with van der Waals surface area (Å²) in [5, 5.41) is 10.4. The quantitative estimate of drug-likeness (QED) is 0.846. The van der Waals surface area contributed by atoms with Crippen LogP contribution in [0.25, 0.3) is 0 Å². The molecule has 0 aliphatic carbocycles. The third-order valence-corrected chi connectivity index (χ3v) is 4.56. The van der Waals surface area contributed by atoms with Crippen LogP contribution in [-0.4, -0.2) is 34.0 Å². The van der Waals surface area contributed by atoms with Gasteiger partial charge in [0.25, 0.3) is 5.91 Å². The molecule has 0 radical (unpaired) electrons. The Kier molecular flexibility index (Phi) is 5.00. The molecule has 1 aliphatic rings. The molecule has 0 saturated carbocycles. The number of amides is 2. The molecule has 0 unspecified atom stereocenters. The van der Waals surface area contributed by atoms with Crippen LogP contribution in [0.5, 0.6) is 0 Å². The van der Waals surface area contributed by atoms with Crippen LogP contribution in [0.4, 0.5) is 0 Å². The van der Waals surface area contributed by atoms with Crippen LogP contribution in [0, 0.1) is 5.41 Å². The molecule has 1 aromatic rings. The van der Waals surface area contributed by atoms with Crippen LogP contribution in [-0.2, 0) is 16.0 Å². The third kappa shape index (κ3) is 3.53. The van der Waals surface area contributed by atoms with Gasteiger partial charge in [-0.15, -0.1) is 0 Å². The molecule has 2 amide bonds. The van der Waals surface area contributed by atoms with E-state index in [0.29, 0.717) is 11.4 Å². The zero-order valence-electron chi connectivity index (χ0n) is 12.8. The first-order chi connectivity index (χ1) is 10.1. The number of benzene rings is 1. The molecule has 1 aliphatic heterocycles. The Hall–Kier alpha value is -0.910. The van der Waals surface area contributed by atoms with E-state index in [2.05, 4.69) is 15.9 Å². The van der Waals surface area contributed by atoms with E-state index in [1.54, 1.807) is 26.8 Å². The van der Waals surface area contributed by atoms with Crippen molar-refractivity contribution >= 4 is 39.3 Å². The minimum absolute atomic E-state index is 0.243. The molecule has 4 nitrogen and oxygen atoms in total. The Morgan fingerprint density at radius 2 is 2.09 bits per heavy atom. The van der Waals surface area contributed by atoms with Gasteiger partial charge < -0.3 is 5.11 Å². The standard InChI is InChI=1S/C16H19BrClNO3/c1-16(2,3)15(22)19-11(8-13(20)14(19)21)6-9-4-5-10(17)7-12(9)18/h4-5,7,11,13,20H,6,8H2,1-3H3/t11-,13-/m1/s1. The molecule has 0 aromatic heterocycles. The largest absolute Gasteiger partial charge is 0.383 e. The number of halogens is 2. The van der Waals surface area contributed by atoms with Gasteiger partial charge in [0.05, 0.1) is 0 Å². The van der Waals surface area contributed by atoms with Gasteiger partial charge in [0.2, 0.25) is 5.91 Å². The van der Waals surface area contributed by atoms with Gasteiger partial charge in [-0.25, -0.2) is 0 Å². The molecular formula is C16H19BrClNO3. The average molecular weight is 389 g/mol. The van der Waals surface area contributed by atoms with Crippen LogP contribution in [0.1, 0.15) is 32.8 Å². The second kappa shape index (κ2) is 6.30. The average Bonchev–Trinajstić information content (AvgIpc) is 2.66. The maximum absolute atomic E-state index is 12.5. The molecule has 1 aromatic carbocycles. The first-order valence-corrected chi connectivity index (χ1v) is 8.28. The van der Waals surface area contributed by atoms with E-state index in [1.807, 2.05) is 12.1 Å². The summed E-state index contributed by atoms with van der Waals surface area (Å²) in [7, 11) is 0. The molecule has 1 saturated heterocycles. The van der Waals surface area contributed by atoms with Gasteiger partial charge in [0.15, 0.2) is 0 Å². The summed E-state index contributed by atoms with van der Waals surface area (Å²) in [4.78, 5) is 25.9. The van der Waals surface area contributed by atoms with Gasteiger partial charge in [0, 0.05) is 27.4 Å². The number of carbonyl (C=O) groups excluding carboxylic acids is 2. The van der Waals surface area contributed by atoms with E-state index < -0.39 is 17.4 Å². The van der Waals surface area contributed by atoms with Crippen molar-refractivity contribution in [3.8, 4) is 0 Å². The topological polar surface area (TPSA) is 57.6 Å². The van der Waals surface area contributed by atoms with Crippen molar-refractivity contribution in [2.45, 2.75) is 45.8 Å². The Balaban J connectivity index is 2.28. The number of hydrogen-bond donors (Lipinski definition) is 1. The lowest BCUT2D eigenvalue weighted by Gasteiger charge is -2.29. The highest BCUT2D eigenvalue weighted by molar-refractivity contribution is 9.10. The van der Waals surface area contributed by atoms with E-state index in [0.717, 1.165) is 10.0 Å². The number of carbonyl (C=O) groups is 2. The lowest BCUT2D eigenvalue weighted by molar-refractivity contribution is -0.151. The summed E-state index contributed by atoms with van der Waals surface area (Å²) < 4.78 is 0.867. The highest BCUT2D eigenvalue weighted by Gasteiger charge is 2.45. The van der Waals surface area contributed by atoms with Crippen LogP contribution in [0.15, 0.2) is 22.7 Å². The van der Waals surface area contributed by atoms with Gasteiger partial charge >= 0.3 is 0 Å². The van der Waals surface area contributed by atoms with Gasteiger partial charge in [0.1, 0.15) is 6.10 Å². The zero-order valence-corrected chi connectivity index (χ0v) is 15.1. The fourth-order valence-electron chi connectivity index (χ4n) is 2.55. The fourth-order valence-corrected chi connectivity index (χ4v) is 3.30. The van der Waals surface area contributed by atoms with Crippen molar-refractivity contribution < 1.29 is 14.7 Å². The van der Waals surface area contributed by atoms with Crippen molar-refractivity contribution in [2.24, 2.45) is 5.41 Å². The lowest BCUT2D eigenvalue weighted by Crippen LogP contribution is -2.46. The highest BCUT2D eigenvalue weighted by Crippen LogP contribution is 2.31. The Morgan fingerprint density at radius 1 is 1.45 bits per heavy atom. The maximum Gasteiger partial charge on any atom is 0.258 e. The predicted octanol–water partition coefficient (Wildman–Crippen LogP) is 3.18. The Morgan fingerprint density at radius 3 is 2.64 bits per heavy atom. The number of imide groups is 1. The van der Waals surface area contributed by atoms with Gasteiger partial charge in [-0.2, -0.15) is 0 Å². The van der Waals surface area contributed by atoms with E-state index in [9.17, 15) is 14.7 Å². The Bertz CT molecular complexity index is 612. The first-order valence-electron chi connectivity index (χ1n) is 7.10. The molecule has 1 heterocycles. The lowest BCUT2D eigenvalue weighted by atomic mass is 9.93. The normalized spacial score (nSPS) is 22.3. The summed E-state index contributed by atoms with van der Waals surface area (Å²) in [5.74, 6) is -0.787. The minimum Gasteiger partial charge on any atom is -0.383 e. The van der Waals surface area contributed by atoms with Crippen LogP contribution >= 0.6 is 27.5 Å². The molecule has 0 bridgehead atoms. The van der Waals surface area contributed by atoms with Gasteiger partial charge in [-0.1, -0.05) is 54.4 Å². The van der Waals surface area contributed by atoms with E-state index >= 15 is 0 Å². The first kappa shape index (κ1) is 17.4. The van der Waals surface area contributed by atoms with E-state index in [-0.39, 0.29) is 18.4 Å².